The Kier molecular flexibility index (Phi) is 9.21. The van der Waals surface area contributed by atoms with Gasteiger partial charge in [0.2, 0.25) is 0 Å². The number of anilines is 6. The Morgan fingerprint density at radius 2 is 0.724 bits per heavy atom. The molecule has 0 atom stereocenters. The second-order valence-corrected chi connectivity index (χ2v) is 21.6. The van der Waals surface area contributed by atoms with Crippen molar-refractivity contribution in [3.05, 3.63) is 272 Å². The Bertz CT molecular complexity index is 4310. The lowest BCUT2D eigenvalue weighted by molar-refractivity contribution is 0.660. The maximum atomic E-state index is 2.59. The molecule has 354 valence electrons. The molecule has 0 amide bonds. The van der Waals surface area contributed by atoms with E-state index in [2.05, 4.69) is 285 Å². The molecule has 13 aromatic rings. The van der Waals surface area contributed by atoms with Crippen molar-refractivity contribution in [2.24, 2.45) is 0 Å². The largest absolute Gasteiger partial charge is 0.311 e. The van der Waals surface area contributed by atoms with E-state index in [1.807, 2.05) is 0 Å². The van der Waals surface area contributed by atoms with Crippen LogP contribution in [0, 0.1) is 0 Å². The summed E-state index contributed by atoms with van der Waals surface area (Å²) >= 11 is 0. The topological polar surface area (TPSA) is 6.48 Å². The minimum absolute atomic E-state index is 0.0797. The molecule has 0 unspecified atom stereocenters. The number of nitrogens with zero attached hydrogens (tertiary/aromatic N) is 2. The fourth-order valence-corrected chi connectivity index (χ4v) is 13.5. The maximum Gasteiger partial charge on any atom is 0.252 e. The molecule has 13 aromatic carbocycles. The first-order chi connectivity index (χ1) is 37.4. The number of hydrogen-bond acceptors (Lipinski definition) is 2. The summed E-state index contributed by atoms with van der Waals surface area (Å²) < 4.78 is 0. The second-order valence-electron chi connectivity index (χ2n) is 21.6. The minimum atomic E-state index is -0.153. The van der Waals surface area contributed by atoms with E-state index in [0.717, 1.165) is 11.4 Å². The molecule has 0 saturated carbocycles. The summed E-state index contributed by atoms with van der Waals surface area (Å²) in [5.41, 5.74) is 23.4. The Balaban J connectivity index is 1.02. The van der Waals surface area contributed by atoms with Gasteiger partial charge in [0.15, 0.2) is 0 Å². The summed E-state index contributed by atoms with van der Waals surface area (Å²) in [6.07, 6.45) is 0. The Morgan fingerprint density at radius 3 is 1.26 bits per heavy atom. The molecule has 2 heterocycles. The van der Waals surface area contributed by atoms with Crippen LogP contribution in [0.2, 0.25) is 0 Å². The first-order valence-corrected chi connectivity index (χ1v) is 26.7. The van der Waals surface area contributed by atoms with Crippen LogP contribution in [-0.4, -0.2) is 6.71 Å². The van der Waals surface area contributed by atoms with Crippen LogP contribution in [0.3, 0.4) is 0 Å². The van der Waals surface area contributed by atoms with Gasteiger partial charge in [-0.25, -0.2) is 0 Å². The molecule has 16 rings (SSSR count). The minimum Gasteiger partial charge on any atom is -0.311 e. The molecule has 1 aliphatic carbocycles. The summed E-state index contributed by atoms with van der Waals surface area (Å²) in [5.74, 6) is 0. The van der Waals surface area contributed by atoms with Gasteiger partial charge in [0.05, 0.1) is 0 Å². The van der Waals surface area contributed by atoms with E-state index < -0.39 is 0 Å². The third-order valence-corrected chi connectivity index (χ3v) is 17.2. The van der Waals surface area contributed by atoms with Gasteiger partial charge in [-0.1, -0.05) is 220 Å². The molecule has 0 aromatic heterocycles. The summed E-state index contributed by atoms with van der Waals surface area (Å²) in [7, 11) is 0. The zero-order valence-corrected chi connectivity index (χ0v) is 42.3. The Labute approximate surface area is 443 Å². The molecule has 0 N–H and O–H groups in total. The highest BCUT2D eigenvalue weighted by molar-refractivity contribution is 7.00. The van der Waals surface area contributed by atoms with Gasteiger partial charge in [0, 0.05) is 39.5 Å². The van der Waals surface area contributed by atoms with Crippen molar-refractivity contribution in [2.45, 2.75) is 19.3 Å². The molecule has 0 bridgehead atoms. The van der Waals surface area contributed by atoms with Crippen molar-refractivity contribution in [3.8, 4) is 44.5 Å². The highest BCUT2D eigenvalue weighted by Gasteiger charge is 2.44. The average Bonchev–Trinajstić information content (AvgIpc) is 3.88. The molecule has 0 saturated heterocycles. The average molecular weight is 965 g/mol. The van der Waals surface area contributed by atoms with Crippen LogP contribution >= 0.6 is 0 Å². The smallest absolute Gasteiger partial charge is 0.252 e. The predicted molar refractivity (Wildman–Crippen MR) is 324 cm³/mol. The maximum absolute atomic E-state index is 2.59. The van der Waals surface area contributed by atoms with E-state index in [1.165, 1.54) is 138 Å². The number of benzene rings is 13. The Hall–Kier alpha value is -9.44. The van der Waals surface area contributed by atoms with Gasteiger partial charge in [0.25, 0.3) is 6.71 Å². The highest BCUT2D eigenvalue weighted by Crippen LogP contribution is 2.52. The summed E-state index contributed by atoms with van der Waals surface area (Å²) in [5, 5.41) is 10.00. The monoisotopic (exact) mass is 964 g/mol. The Morgan fingerprint density at radius 1 is 0.289 bits per heavy atom. The van der Waals surface area contributed by atoms with E-state index >= 15 is 0 Å². The van der Waals surface area contributed by atoms with Crippen molar-refractivity contribution in [1.29, 1.82) is 0 Å². The zero-order valence-electron chi connectivity index (χ0n) is 42.3. The van der Waals surface area contributed by atoms with E-state index in [0.29, 0.717) is 0 Å². The third-order valence-electron chi connectivity index (χ3n) is 17.2. The van der Waals surface area contributed by atoms with Gasteiger partial charge >= 0.3 is 0 Å². The number of fused-ring (bicyclic) bond motifs is 13. The van der Waals surface area contributed by atoms with Crippen molar-refractivity contribution in [2.75, 3.05) is 9.80 Å². The fourth-order valence-electron chi connectivity index (χ4n) is 13.5. The van der Waals surface area contributed by atoms with Gasteiger partial charge in [-0.2, -0.15) is 0 Å². The van der Waals surface area contributed by atoms with Gasteiger partial charge < -0.3 is 9.80 Å². The zero-order chi connectivity index (χ0) is 50.2. The third kappa shape index (κ3) is 6.36. The molecule has 0 fully saturated rings. The van der Waals surface area contributed by atoms with Crippen LogP contribution in [0.1, 0.15) is 25.0 Å². The van der Waals surface area contributed by atoms with Gasteiger partial charge in [-0.15, -0.1) is 0 Å². The molecular weight excluding hydrogens is 916 g/mol. The van der Waals surface area contributed by atoms with Gasteiger partial charge in [-0.3, -0.25) is 0 Å². The lowest BCUT2D eigenvalue weighted by Crippen LogP contribution is -2.61. The molecule has 2 aliphatic heterocycles. The lowest BCUT2D eigenvalue weighted by atomic mass is 9.33. The quantitative estimate of drug-likeness (QED) is 0.125. The van der Waals surface area contributed by atoms with Crippen LogP contribution in [0.5, 0.6) is 0 Å². The van der Waals surface area contributed by atoms with Gasteiger partial charge in [-0.05, 0) is 170 Å². The summed E-state index contributed by atoms with van der Waals surface area (Å²) in [4.78, 5) is 5.18. The van der Waals surface area contributed by atoms with Crippen LogP contribution in [0.15, 0.2) is 261 Å². The lowest BCUT2D eigenvalue weighted by Gasteiger charge is -2.45. The molecule has 76 heavy (non-hydrogen) atoms. The molecule has 3 heteroatoms. The van der Waals surface area contributed by atoms with Crippen LogP contribution in [-0.2, 0) is 5.41 Å². The van der Waals surface area contributed by atoms with Crippen molar-refractivity contribution in [1.82, 2.24) is 0 Å². The van der Waals surface area contributed by atoms with E-state index in [9.17, 15) is 0 Å². The fraction of sp³-hybridized carbons (Fsp3) is 0.0411. The second kappa shape index (κ2) is 16.3. The van der Waals surface area contributed by atoms with Crippen LogP contribution < -0.4 is 26.2 Å². The van der Waals surface area contributed by atoms with Crippen molar-refractivity contribution in [3.63, 3.8) is 0 Å². The molecule has 2 nitrogen and oxygen atoms in total. The standard InChI is InChI=1S/C73H49BN2/c1-73(2)64-24-14-13-23-60(64)61-38-33-52(39-65(61)73)55-42-70-72-71(43-55)76(57-36-31-49(32-37-57)47-17-7-4-8-18-47)69-45-63-54(28-26-51-20-10-12-22-59(51)63)41-67(69)74(72)66-40-53-27-25-50-19-9-11-21-58(50)62(53)44-68(66)75(70)56-34-29-48(30-35-56)46-15-5-3-6-16-46/h3-45H,1-2H3. The van der Waals surface area contributed by atoms with Crippen LogP contribution in [0.4, 0.5) is 34.1 Å². The van der Waals surface area contributed by atoms with Crippen molar-refractivity contribution < 1.29 is 0 Å². The molecular formula is C73H49BN2. The number of hydrogen-bond donors (Lipinski definition) is 0. The normalized spacial score (nSPS) is 13.7. The van der Waals surface area contributed by atoms with Gasteiger partial charge in [0.1, 0.15) is 0 Å². The van der Waals surface area contributed by atoms with Crippen LogP contribution in [0.25, 0.3) is 87.6 Å². The first kappa shape index (κ1) is 43.0. The first-order valence-electron chi connectivity index (χ1n) is 26.7. The molecule has 3 aliphatic rings. The summed E-state index contributed by atoms with van der Waals surface area (Å²) in [6.45, 7) is 4.70. The van der Waals surface area contributed by atoms with Crippen molar-refractivity contribution >= 4 is 100 Å². The van der Waals surface area contributed by atoms with E-state index in [4.69, 9.17) is 0 Å². The molecule has 0 spiro atoms. The SMILES string of the molecule is CC1(C)c2ccccc2-c2ccc(-c3cc4c5c(c3)N(c3ccc(-c6ccccc6)cc3)c3cc6c(ccc7ccccc76)cc3B5c3cc5ccc6ccccc6c5cc3N4c3ccc(-c4ccccc4)cc3)cc21. The number of rotatable bonds is 5. The highest BCUT2D eigenvalue weighted by atomic mass is 15.2. The molecule has 0 radical (unpaired) electrons. The predicted octanol–water partition coefficient (Wildman–Crippen LogP) is 17.7. The summed E-state index contributed by atoms with van der Waals surface area (Å²) in [6, 6.07) is 98.3. The van der Waals surface area contributed by atoms with E-state index in [1.54, 1.807) is 0 Å². The van der Waals surface area contributed by atoms with E-state index in [-0.39, 0.29) is 12.1 Å².